The molecule has 1 atom stereocenters. The van der Waals surface area contributed by atoms with E-state index in [0.29, 0.717) is 11.6 Å². The fraction of sp³-hybridized carbons (Fsp3) is 0.333. The summed E-state index contributed by atoms with van der Waals surface area (Å²) in [5.41, 5.74) is 2.41. The third-order valence-corrected chi connectivity index (χ3v) is 4.79. The zero-order valence-corrected chi connectivity index (χ0v) is 12.1. The number of β-amino-alcohol motifs (C(OH)–C–C–N with tert-alkyl or cyclic N) is 1. The average molecular weight is 294 g/mol. The molecular formula is C15H16ClNOS. The number of nitrogens with zero attached hydrogens (tertiary/aromatic N) is 1. The minimum atomic E-state index is -0.446. The number of halogens is 1. The topological polar surface area (TPSA) is 23.5 Å². The van der Waals surface area contributed by atoms with Gasteiger partial charge in [-0.2, -0.15) is 0 Å². The van der Waals surface area contributed by atoms with Crippen LogP contribution in [0.3, 0.4) is 0 Å². The van der Waals surface area contributed by atoms with Gasteiger partial charge in [-0.1, -0.05) is 23.7 Å². The fourth-order valence-electron chi connectivity index (χ4n) is 2.48. The van der Waals surface area contributed by atoms with Gasteiger partial charge >= 0.3 is 0 Å². The number of hydrogen-bond donors (Lipinski definition) is 1. The number of thiophene rings is 1. The van der Waals surface area contributed by atoms with E-state index in [1.807, 2.05) is 35.6 Å². The van der Waals surface area contributed by atoms with Crippen LogP contribution in [0.15, 0.2) is 35.7 Å². The zero-order chi connectivity index (χ0) is 13.2. The Bertz CT molecular complexity index is 552. The summed E-state index contributed by atoms with van der Waals surface area (Å²) in [6.07, 6.45) is 0.644. The van der Waals surface area contributed by atoms with E-state index in [4.69, 9.17) is 11.6 Å². The van der Waals surface area contributed by atoms with Crippen LogP contribution in [0.5, 0.6) is 0 Å². The monoisotopic (exact) mass is 293 g/mol. The maximum Gasteiger partial charge on any atom is 0.0917 e. The normalized spacial score (nSPS) is 17.2. The molecule has 0 aliphatic carbocycles. The van der Waals surface area contributed by atoms with Gasteiger partial charge in [0.25, 0.3) is 0 Å². The van der Waals surface area contributed by atoms with Gasteiger partial charge in [0, 0.05) is 29.5 Å². The maximum absolute atomic E-state index is 10.3. The lowest BCUT2D eigenvalue weighted by atomic mass is 10.1. The summed E-state index contributed by atoms with van der Waals surface area (Å²) in [6, 6.07) is 9.66. The Morgan fingerprint density at radius 2 is 2.05 bits per heavy atom. The molecule has 0 saturated carbocycles. The summed E-state index contributed by atoms with van der Waals surface area (Å²) in [4.78, 5) is 3.76. The lowest BCUT2D eigenvalue weighted by molar-refractivity contribution is 0.107. The fourth-order valence-corrected chi connectivity index (χ4v) is 3.58. The van der Waals surface area contributed by atoms with Crippen LogP contribution in [0, 0.1) is 0 Å². The summed E-state index contributed by atoms with van der Waals surface area (Å²) >= 11 is 7.67. The Morgan fingerprint density at radius 1 is 1.26 bits per heavy atom. The number of aliphatic hydroxyl groups is 1. The summed E-state index contributed by atoms with van der Waals surface area (Å²) in [6.45, 7) is 2.66. The molecule has 1 aliphatic rings. The van der Waals surface area contributed by atoms with E-state index in [0.717, 1.165) is 25.1 Å². The van der Waals surface area contributed by atoms with Crippen molar-refractivity contribution in [3.05, 3.63) is 56.7 Å². The van der Waals surface area contributed by atoms with E-state index in [9.17, 15) is 5.11 Å². The highest BCUT2D eigenvalue weighted by molar-refractivity contribution is 7.10. The van der Waals surface area contributed by atoms with Crippen LogP contribution in [-0.2, 0) is 13.0 Å². The van der Waals surface area contributed by atoms with Crippen LogP contribution in [0.2, 0.25) is 5.02 Å². The largest absolute Gasteiger partial charge is 0.387 e. The molecule has 1 aliphatic heterocycles. The average Bonchev–Trinajstić information content (AvgIpc) is 2.87. The predicted molar refractivity (Wildman–Crippen MR) is 79.7 cm³/mol. The third kappa shape index (κ3) is 3.00. The molecule has 2 aromatic rings. The van der Waals surface area contributed by atoms with E-state index in [-0.39, 0.29) is 0 Å². The summed E-state index contributed by atoms with van der Waals surface area (Å²) < 4.78 is 0. The second kappa shape index (κ2) is 5.63. The van der Waals surface area contributed by atoms with Crippen LogP contribution in [0.4, 0.5) is 0 Å². The van der Waals surface area contributed by atoms with Crippen LogP contribution >= 0.6 is 22.9 Å². The Balaban J connectivity index is 1.64. The first kappa shape index (κ1) is 13.1. The van der Waals surface area contributed by atoms with Crippen molar-refractivity contribution in [2.75, 3.05) is 13.1 Å². The second-order valence-corrected chi connectivity index (χ2v) is 6.36. The molecule has 2 heterocycles. The molecule has 100 valence electrons. The maximum atomic E-state index is 10.3. The first-order chi connectivity index (χ1) is 9.22. The molecule has 1 unspecified atom stereocenters. The first-order valence-corrected chi connectivity index (χ1v) is 7.69. The van der Waals surface area contributed by atoms with Gasteiger partial charge in [-0.25, -0.2) is 0 Å². The molecule has 1 aromatic carbocycles. The van der Waals surface area contributed by atoms with E-state index >= 15 is 0 Å². The standard InChI is InChI=1S/C15H16ClNOS/c16-13-3-1-11(2-4-13)14(18)9-17-7-5-12-6-8-19-15(12)10-17/h1-4,6,8,14,18H,5,7,9-10H2. The molecule has 3 rings (SSSR count). The molecule has 0 bridgehead atoms. The summed E-state index contributed by atoms with van der Waals surface area (Å²) in [7, 11) is 0. The van der Waals surface area contributed by atoms with Gasteiger partial charge in [0.1, 0.15) is 0 Å². The molecule has 0 saturated heterocycles. The van der Waals surface area contributed by atoms with Crippen molar-refractivity contribution >= 4 is 22.9 Å². The van der Waals surface area contributed by atoms with Gasteiger partial charge in [-0.05, 0) is 41.1 Å². The van der Waals surface area contributed by atoms with E-state index < -0.39 is 6.10 Å². The minimum Gasteiger partial charge on any atom is -0.387 e. The molecule has 1 aromatic heterocycles. The molecule has 0 fully saturated rings. The highest BCUT2D eigenvalue weighted by atomic mass is 35.5. The third-order valence-electron chi connectivity index (χ3n) is 3.59. The van der Waals surface area contributed by atoms with Gasteiger partial charge in [-0.15, -0.1) is 11.3 Å². The molecule has 0 radical (unpaired) electrons. The minimum absolute atomic E-state index is 0.446. The van der Waals surface area contributed by atoms with Gasteiger partial charge in [0.15, 0.2) is 0 Å². The van der Waals surface area contributed by atoms with E-state index in [1.54, 1.807) is 0 Å². The molecule has 4 heteroatoms. The van der Waals surface area contributed by atoms with Crippen molar-refractivity contribution in [1.29, 1.82) is 0 Å². The van der Waals surface area contributed by atoms with Crippen molar-refractivity contribution in [3.8, 4) is 0 Å². The Hall–Kier alpha value is -0.870. The molecule has 0 spiro atoms. The van der Waals surface area contributed by atoms with Crippen molar-refractivity contribution < 1.29 is 5.11 Å². The van der Waals surface area contributed by atoms with Gasteiger partial charge < -0.3 is 5.11 Å². The SMILES string of the molecule is OC(CN1CCc2ccsc2C1)c1ccc(Cl)cc1. The zero-order valence-electron chi connectivity index (χ0n) is 10.6. The Kier molecular flexibility index (Phi) is 3.89. The molecular weight excluding hydrogens is 278 g/mol. The van der Waals surface area contributed by atoms with E-state index in [1.165, 1.54) is 10.4 Å². The van der Waals surface area contributed by atoms with Crippen molar-refractivity contribution in [2.45, 2.75) is 19.1 Å². The first-order valence-electron chi connectivity index (χ1n) is 6.43. The number of rotatable bonds is 3. The van der Waals surface area contributed by atoms with Crippen LogP contribution in [0.1, 0.15) is 22.1 Å². The predicted octanol–water partition coefficient (Wildman–Crippen LogP) is 3.49. The smallest absolute Gasteiger partial charge is 0.0917 e. The van der Waals surface area contributed by atoms with Gasteiger partial charge in [0.2, 0.25) is 0 Å². The Labute approximate surface area is 122 Å². The van der Waals surface area contributed by atoms with E-state index in [2.05, 4.69) is 16.3 Å². The molecule has 1 N–H and O–H groups in total. The second-order valence-electron chi connectivity index (χ2n) is 4.92. The van der Waals surface area contributed by atoms with Crippen molar-refractivity contribution in [1.82, 2.24) is 4.90 Å². The van der Waals surface area contributed by atoms with Gasteiger partial charge in [-0.3, -0.25) is 4.90 Å². The highest BCUT2D eigenvalue weighted by Gasteiger charge is 2.20. The highest BCUT2D eigenvalue weighted by Crippen LogP contribution is 2.26. The number of fused-ring (bicyclic) bond motifs is 1. The van der Waals surface area contributed by atoms with Crippen LogP contribution in [0.25, 0.3) is 0 Å². The van der Waals surface area contributed by atoms with Crippen LogP contribution < -0.4 is 0 Å². The summed E-state index contributed by atoms with van der Waals surface area (Å²) in [5.74, 6) is 0. The lowest BCUT2D eigenvalue weighted by Crippen LogP contribution is -2.33. The molecule has 2 nitrogen and oxygen atoms in total. The van der Waals surface area contributed by atoms with Gasteiger partial charge in [0.05, 0.1) is 6.10 Å². The van der Waals surface area contributed by atoms with Crippen molar-refractivity contribution in [3.63, 3.8) is 0 Å². The lowest BCUT2D eigenvalue weighted by Gasteiger charge is -2.28. The molecule has 0 amide bonds. The summed E-state index contributed by atoms with van der Waals surface area (Å²) in [5, 5.41) is 13.1. The number of aliphatic hydroxyl groups excluding tert-OH is 1. The number of hydrogen-bond acceptors (Lipinski definition) is 3. The number of benzene rings is 1. The van der Waals surface area contributed by atoms with Crippen LogP contribution in [-0.4, -0.2) is 23.1 Å². The van der Waals surface area contributed by atoms with Crippen molar-refractivity contribution in [2.24, 2.45) is 0 Å². The Morgan fingerprint density at radius 3 is 2.84 bits per heavy atom. The quantitative estimate of drug-likeness (QED) is 0.936. The molecule has 19 heavy (non-hydrogen) atoms.